The first kappa shape index (κ1) is 65.2. The fourth-order valence-electron chi connectivity index (χ4n) is 12.2. The van der Waals surface area contributed by atoms with E-state index in [0.717, 1.165) is 28.3 Å². The number of rotatable bonds is 30. The zero-order chi connectivity index (χ0) is 59.0. The molecule has 0 unspecified atom stereocenters. The van der Waals surface area contributed by atoms with Crippen LogP contribution in [0.1, 0.15) is 143 Å². The number of likely N-dealkylation sites (tertiary alicyclic amines) is 1. The molecule has 0 spiro atoms. The Morgan fingerprint density at radius 2 is 1.45 bits per heavy atom. The zero-order valence-corrected chi connectivity index (χ0v) is 49.7. The molecular formula is C59H93N9O12. The van der Waals surface area contributed by atoms with Crippen molar-refractivity contribution in [2.75, 3.05) is 68.1 Å². The first-order chi connectivity index (χ1) is 38.0. The molecule has 3 fully saturated rings. The zero-order valence-electron chi connectivity index (χ0n) is 49.7. The number of amides is 9. The molecule has 0 aromatic heterocycles. The van der Waals surface area contributed by atoms with Crippen molar-refractivity contribution in [2.24, 2.45) is 23.7 Å². The van der Waals surface area contributed by atoms with Crippen molar-refractivity contribution in [1.29, 1.82) is 0 Å². The van der Waals surface area contributed by atoms with Gasteiger partial charge in [0.25, 0.3) is 17.7 Å². The Labute approximate surface area is 474 Å². The standard InChI is InChI=1S/C59H93N9O12/c1-13-40(6)53(45(78-11)36-50(73)66-33-22-26-44(66)54(79-12)41(7)55(74)61-59(58(77)68-34-20-21-35-80-68)37-43(59)42-24-16-14-17-25-42)64(9)52(39(4)5)57(76)60-56(75)51(38(2)3)63(8)31-23-28-47(70)65(10)62-46(69)27-18-15-19-32-67-48(71)29-30-49(67)72/h14,16-17,24-25,29-30,38-41,43-45,51-54H,13,15,18-23,26-28,31-37H2,1-12H3,(H,61,74)(H,62,69)(H,60,75,76)/t40-,41+,43+,44-,45+,51-,52-,53-,54+,59-/m0/s1. The number of unbranched alkanes of at least 4 members (excludes halogenated alkanes) is 2. The monoisotopic (exact) mass is 1120 g/mol. The highest BCUT2D eigenvalue weighted by Gasteiger charge is 2.64. The second kappa shape index (κ2) is 30.4. The Kier molecular flexibility index (Phi) is 24.8. The van der Waals surface area contributed by atoms with E-state index in [2.05, 4.69) is 23.0 Å². The van der Waals surface area contributed by atoms with Gasteiger partial charge in [-0.25, -0.2) is 5.06 Å². The number of hydroxylamine groups is 2. The number of carbonyl (C=O) groups is 9. The van der Waals surface area contributed by atoms with E-state index < -0.39 is 59.6 Å². The minimum Gasteiger partial charge on any atom is -0.379 e. The number of nitrogens with zero attached hydrogens (tertiary/aromatic N) is 6. The third-order valence-corrected chi connectivity index (χ3v) is 16.8. The average molecular weight is 1120 g/mol. The maximum Gasteiger partial charge on any atom is 0.272 e. The van der Waals surface area contributed by atoms with Gasteiger partial charge >= 0.3 is 0 Å². The first-order valence-electron chi connectivity index (χ1n) is 29.1. The van der Waals surface area contributed by atoms with E-state index in [4.69, 9.17) is 14.3 Å². The van der Waals surface area contributed by atoms with Crippen molar-refractivity contribution < 1.29 is 57.5 Å². The Morgan fingerprint density at radius 3 is 2.05 bits per heavy atom. The van der Waals surface area contributed by atoms with Gasteiger partial charge in [-0.3, -0.25) is 78.4 Å². The van der Waals surface area contributed by atoms with Crippen LogP contribution >= 0.6 is 0 Å². The van der Waals surface area contributed by atoms with Crippen molar-refractivity contribution in [1.82, 2.24) is 45.7 Å². The number of nitrogens with one attached hydrogen (secondary N) is 3. The summed E-state index contributed by atoms with van der Waals surface area (Å²) >= 11 is 0. The van der Waals surface area contributed by atoms with Crippen LogP contribution in [0.2, 0.25) is 0 Å². The molecule has 3 aliphatic heterocycles. The SMILES string of the molecule is CC[C@H](C)[C@@H]([C@@H](CC(=O)N1CCC[C@H]1[C@H](OC)[C@@H](C)C(=O)N[C@@]1(C(=O)N2CCCCO2)C[C@@H]1c1ccccc1)OC)N(C)[C@H](C(=O)NC(=O)[C@H](C(C)C)N(C)CCCC(=O)N(C)NC(=O)CCCCCN1C(=O)C=CC1=O)C(C)C. The molecule has 10 atom stereocenters. The van der Waals surface area contributed by atoms with Gasteiger partial charge in [-0.2, -0.15) is 0 Å². The Bertz CT molecular complexity index is 2310. The largest absolute Gasteiger partial charge is 0.379 e. The molecule has 4 aliphatic rings. The first-order valence-corrected chi connectivity index (χ1v) is 29.1. The van der Waals surface area contributed by atoms with Gasteiger partial charge in [0.2, 0.25) is 35.4 Å². The molecule has 1 aromatic carbocycles. The number of likely N-dealkylation sites (N-methyl/N-ethyl adjacent to an activating group) is 2. The highest BCUT2D eigenvalue weighted by Crippen LogP contribution is 2.53. The topological polar surface area (TPSA) is 237 Å². The quantitative estimate of drug-likeness (QED) is 0.0552. The minimum absolute atomic E-state index is 0.0150. The number of methoxy groups -OCH3 is 2. The number of benzene rings is 1. The highest BCUT2D eigenvalue weighted by atomic mass is 16.7. The van der Waals surface area contributed by atoms with Gasteiger partial charge in [0.1, 0.15) is 5.54 Å². The van der Waals surface area contributed by atoms with Gasteiger partial charge in [-0.1, -0.05) is 91.6 Å². The summed E-state index contributed by atoms with van der Waals surface area (Å²) in [5, 5.41) is 8.45. The third-order valence-electron chi connectivity index (χ3n) is 16.8. The molecule has 80 heavy (non-hydrogen) atoms. The van der Waals surface area contributed by atoms with Crippen LogP contribution in [-0.2, 0) is 57.5 Å². The molecule has 2 saturated heterocycles. The Morgan fingerprint density at radius 1 is 0.787 bits per heavy atom. The van der Waals surface area contributed by atoms with Crippen LogP contribution in [0.5, 0.6) is 0 Å². The van der Waals surface area contributed by atoms with Gasteiger partial charge in [0.15, 0.2) is 0 Å². The second-order valence-corrected chi connectivity index (χ2v) is 23.2. The van der Waals surface area contributed by atoms with Crippen molar-refractivity contribution in [3.05, 3.63) is 48.0 Å². The second-order valence-electron chi connectivity index (χ2n) is 23.2. The molecule has 3 N–H and O–H groups in total. The fourth-order valence-corrected chi connectivity index (χ4v) is 12.2. The summed E-state index contributed by atoms with van der Waals surface area (Å²) in [4.78, 5) is 133. The van der Waals surface area contributed by atoms with Crippen LogP contribution in [0.15, 0.2) is 42.5 Å². The van der Waals surface area contributed by atoms with E-state index >= 15 is 0 Å². The molecule has 1 saturated carbocycles. The van der Waals surface area contributed by atoms with Gasteiger partial charge in [-0.05, 0) is 95.3 Å². The maximum atomic E-state index is 14.7. The average Bonchev–Trinajstić information content (AvgIpc) is 3.90. The van der Waals surface area contributed by atoms with E-state index in [1.807, 2.05) is 81.8 Å². The maximum absolute atomic E-state index is 14.7. The lowest BCUT2D eigenvalue weighted by molar-refractivity contribution is -0.200. The number of hydrogen-bond donors (Lipinski definition) is 3. The van der Waals surface area contributed by atoms with E-state index in [9.17, 15) is 43.2 Å². The van der Waals surface area contributed by atoms with Crippen molar-refractivity contribution in [2.45, 2.75) is 180 Å². The van der Waals surface area contributed by atoms with Crippen LogP contribution in [0.3, 0.4) is 0 Å². The molecular weight excluding hydrogens is 1030 g/mol. The van der Waals surface area contributed by atoms with Crippen LogP contribution < -0.4 is 16.1 Å². The predicted molar refractivity (Wildman–Crippen MR) is 300 cm³/mol. The lowest BCUT2D eigenvalue weighted by Crippen LogP contribution is -2.60. The van der Waals surface area contributed by atoms with Crippen molar-refractivity contribution in [3.8, 4) is 0 Å². The molecule has 21 heteroatoms. The molecule has 3 heterocycles. The molecule has 446 valence electrons. The summed E-state index contributed by atoms with van der Waals surface area (Å²) in [6, 6.07) is 7.32. The number of hydrazine groups is 1. The van der Waals surface area contributed by atoms with Gasteiger partial charge in [-0.15, -0.1) is 0 Å². The predicted octanol–water partition coefficient (Wildman–Crippen LogP) is 4.36. The fraction of sp³-hybridized carbons (Fsp3) is 0.712. The van der Waals surface area contributed by atoms with Gasteiger partial charge in [0.05, 0.1) is 49.3 Å². The molecule has 0 bridgehead atoms. The van der Waals surface area contributed by atoms with E-state index in [1.54, 1.807) is 33.1 Å². The lowest BCUT2D eigenvalue weighted by Gasteiger charge is -2.43. The Balaban J connectivity index is 1.17. The van der Waals surface area contributed by atoms with Crippen molar-refractivity contribution in [3.63, 3.8) is 0 Å². The van der Waals surface area contributed by atoms with E-state index in [1.165, 1.54) is 24.3 Å². The summed E-state index contributed by atoms with van der Waals surface area (Å²) in [6.07, 6.45) is 7.57. The smallest absolute Gasteiger partial charge is 0.272 e. The number of carbonyl (C=O) groups excluding carboxylic acids is 9. The molecule has 5 rings (SSSR count). The summed E-state index contributed by atoms with van der Waals surface area (Å²) in [7, 11) is 8.20. The highest BCUT2D eigenvalue weighted by molar-refractivity contribution is 6.12. The molecule has 1 aliphatic carbocycles. The normalized spacial score (nSPS) is 21.8. The minimum atomic E-state index is -1.17. The number of imide groups is 2. The molecule has 9 amide bonds. The Hall–Kier alpha value is -5.61. The van der Waals surface area contributed by atoms with Crippen LogP contribution in [-0.4, -0.2) is 193 Å². The molecule has 0 radical (unpaired) electrons. The van der Waals surface area contributed by atoms with Crippen LogP contribution in [0.4, 0.5) is 0 Å². The lowest BCUT2D eigenvalue weighted by atomic mass is 9.87. The molecule has 1 aromatic rings. The van der Waals surface area contributed by atoms with Gasteiger partial charge in [0, 0.05) is 77.9 Å². The van der Waals surface area contributed by atoms with Crippen LogP contribution in [0.25, 0.3) is 0 Å². The van der Waals surface area contributed by atoms with Crippen LogP contribution in [0, 0.1) is 23.7 Å². The summed E-state index contributed by atoms with van der Waals surface area (Å²) in [5.41, 5.74) is 2.39. The van der Waals surface area contributed by atoms with E-state index in [0.29, 0.717) is 77.6 Å². The third kappa shape index (κ3) is 16.5. The number of hydrogen-bond acceptors (Lipinski definition) is 14. The molecule has 21 nitrogen and oxygen atoms in total. The number of ether oxygens (including phenoxy) is 2. The van der Waals surface area contributed by atoms with E-state index in [-0.39, 0.29) is 90.8 Å². The summed E-state index contributed by atoms with van der Waals surface area (Å²) < 4.78 is 12.3. The summed E-state index contributed by atoms with van der Waals surface area (Å²) in [6.45, 7) is 15.5. The summed E-state index contributed by atoms with van der Waals surface area (Å²) in [5.74, 6) is -4.54. The van der Waals surface area contributed by atoms with Crippen molar-refractivity contribution >= 4 is 53.2 Å². The van der Waals surface area contributed by atoms with Gasteiger partial charge < -0.3 is 19.7 Å².